The second-order valence-electron chi connectivity index (χ2n) is 4.03. The lowest BCUT2D eigenvalue weighted by atomic mass is 10.2. The van der Waals surface area contributed by atoms with Crippen molar-refractivity contribution in [2.75, 3.05) is 5.73 Å². The normalized spacial score (nSPS) is 10.6. The van der Waals surface area contributed by atoms with Crippen LogP contribution in [0.5, 0.6) is 0 Å². The van der Waals surface area contributed by atoms with Crippen LogP contribution in [0.4, 0.5) is 5.69 Å². The van der Waals surface area contributed by atoms with Crippen LogP contribution in [0, 0.1) is 13.8 Å². The van der Waals surface area contributed by atoms with Gasteiger partial charge in [0.25, 0.3) is 0 Å². The molecule has 0 atom stereocenters. The molecule has 0 spiro atoms. The summed E-state index contributed by atoms with van der Waals surface area (Å²) in [4.78, 5) is 8.81. The average molecular weight is 324 g/mol. The molecular formula is C13H14BrN3S. The SMILES string of the molecule is Cc1cc(C)nc(SCc2c(N)cccc2Br)n1. The third kappa shape index (κ3) is 3.23. The zero-order valence-electron chi connectivity index (χ0n) is 10.3. The van der Waals surface area contributed by atoms with Gasteiger partial charge in [0.2, 0.25) is 0 Å². The molecule has 94 valence electrons. The van der Waals surface area contributed by atoms with Crippen molar-refractivity contribution in [3.8, 4) is 0 Å². The number of halogens is 1. The Kier molecular flexibility index (Phi) is 4.24. The van der Waals surface area contributed by atoms with E-state index in [1.807, 2.05) is 38.1 Å². The molecule has 18 heavy (non-hydrogen) atoms. The average Bonchev–Trinajstić information content (AvgIpc) is 2.27. The predicted molar refractivity (Wildman–Crippen MR) is 79.6 cm³/mol. The molecular weight excluding hydrogens is 310 g/mol. The molecule has 0 saturated carbocycles. The maximum Gasteiger partial charge on any atom is 0.188 e. The highest BCUT2D eigenvalue weighted by Crippen LogP contribution is 2.29. The lowest BCUT2D eigenvalue weighted by Gasteiger charge is -2.07. The van der Waals surface area contributed by atoms with Crippen molar-refractivity contribution in [2.45, 2.75) is 24.8 Å². The van der Waals surface area contributed by atoms with E-state index in [9.17, 15) is 0 Å². The highest BCUT2D eigenvalue weighted by molar-refractivity contribution is 9.10. The van der Waals surface area contributed by atoms with Crippen molar-refractivity contribution < 1.29 is 0 Å². The second kappa shape index (κ2) is 5.71. The maximum atomic E-state index is 5.96. The van der Waals surface area contributed by atoms with E-state index in [0.29, 0.717) is 0 Å². The highest BCUT2D eigenvalue weighted by atomic mass is 79.9. The Hall–Kier alpha value is -1.07. The molecule has 1 aromatic carbocycles. The third-order valence-electron chi connectivity index (χ3n) is 2.46. The molecule has 2 N–H and O–H groups in total. The number of benzene rings is 1. The molecule has 0 bridgehead atoms. The van der Waals surface area contributed by atoms with Crippen molar-refractivity contribution in [2.24, 2.45) is 0 Å². The molecule has 2 rings (SSSR count). The van der Waals surface area contributed by atoms with Gasteiger partial charge in [0.05, 0.1) is 0 Å². The number of anilines is 1. The van der Waals surface area contributed by atoms with E-state index in [0.717, 1.165) is 38.0 Å². The molecule has 0 unspecified atom stereocenters. The van der Waals surface area contributed by atoms with Crippen molar-refractivity contribution in [1.29, 1.82) is 0 Å². The Morgan fingerprint density at radius 1 is 1.22 bits per heavy atom. The van der Waals surface area contributed by atoms with E-state index in [1.165, 1.54) is 0 Å². The zero-order valence-corrected chi connectivity index (χ0v) is 12.7. The standard InChI is InChI=1S/C13H14BrN3S/c1-8-6-9(2)17-13(16-8)18-7-10-11(14)4-3-5-12(10)15/h3-6H,7,15H2,1-2H3. The maximum absolute atomic E-state index is 5.96. The van der Waals surface area contributed by atoms with E-state index >= 15 is 0 Å². The second-order valence-corrected chi connectivity index (χ2v) is 5.83. The number of rotatable bonds is 3. The number of nitrogens with zero attached hydrogens (tertiary/aromatic N) is 2. The van der Waals surface area contributed by atoms with Crippen LogP contribution in [-0.2, 0) is 5.75 Å². The highest BCUT2D eigenvalue weighted by Gasteiger charge is 2.07. The minimum absolute atomic E-state index is 0.760. The Morgan fingerprint density at radius 3 is 2.50 bits per heavy atom. The topological polar surface area (TPSA) is 51.8 Å². The van der Waals surface area contributed by atoms with Crippen LogP contribution in [0.3, 0.4) is 0 Å². The number of hydrogen-bond donors (Lipinski definition) is 1. The van der Waals surface area contributed by atoms with Gasteiger partial charge in [-0.25, -0.2) is 9.97 Å². The minimum atomic E-state index is 0.760. The van der Waals surface area contributed by atoms with Crippen molar-refractivity contribution >= 4 is 33.4 Å². The first kappa shape index (κ1) is 13.4. The molecule has 2 aromatic rings. The molecule has 0 aliphatic rings. The van der Waals surface area contributed by atoms with Gasteiger partial charge in [-0.2, -0.15) is 0 Å². The quantitative estimate of drug-likeness (QED) is 0.531. The fraction of sp³-hybridized carbons (Fsp3) is 0.231. The summed E-state index contributed by atoms with van der Waals surface area (Å²) in [5.74, 6) is 0.760. The first-order valence-electron chi connectivity index (χ1n) is 5.54. The summed E-state index contributed by atoms with van der Waals surface area (Å²) < 4.78 is 1.03. The summed E-state index contributed by atoms with van der Waals surface area (Å²) in [7, 11) is 0. The lowest BCUT2D eigenvalue weighted by Crippen LogP contribution is -1.96. The molecule has 3 nitrogen and oxygen atoms in total. The Balaban J connectivity index is 2.16. The largest absolute Gasteiger partial charge is 0.398 e. The minimum Gasteiger partial charge on any atom is -0.398 e. The molecule has 5 heteroatoms. The van der Waals surface area contributed by atoms with Crippen LogP contribution < -0.4 is 5.73 Å². The zero-order chi connectivity index (χ0) is 13.1. The van der Waals surface area contributed by atoms with E-state index in [1.54, 1.807) is 11.8 Å². The summed E-state index contributed by atoms with van der Waals surface area (Å²) in [5.41, 5.74) is 9.82. The van der Waals surface area contributed by atoms with Gasteiger partial charge < -0.3 is 5.73 Å². The molecule has 0 amide bonds. The molecule has 1 aromatic heterocycles. The van der Waals surface area contributed by atoms with Crippen LogP contribution in [0.2, 0.25) is 0 Å². The van der Waals surface area contributed by atoms with Gasteiger partial charge in [-0.3, -0.25) is 0 Å². The molecule has 0 saturated heterocycles. The fourth-order valence-corrected chi connectivity index (χ4v) is 3.34. The summed E-state index contributed by atoms with van der Waals surface area (Å²) in [5, 5.41) is 0.794. The van der Waals surface area contributed by atoms with Crippen LogP contribution in [0.15, 0.2) is 33.9 Å². The van der Waals surface area contributed by atoms with Gasteiger partial charge in [-0.15, -0.1) is 0 Å². The van der Waals surface area contributed by atoms with Gasteiger partial charge in [0.1, 0.15) is 0 Å². The third-order valence-corrected chi connectivity index (χ3v) is 4.08. The number of nitrogen functional groups attached to an aromatic ring is 1. The number of aromatic nitrogens is 2. The molecule has 0 fully saturated rings. The van der Waals surface area contributed by atoms with Gasteiger partial charge in [-0.1, -0.05) is 33.8 Å². The van der Waals surface area contributed by atoms with Crippen LogP contribution in [-0.4, -0.2) is 9.97 Å². The Bertz CT molecular complexity index is 532. The van der Waals surface area contributed by atoms with E-state index in [4.69, 9.17) is 5.73 Å². The van der Waals surface area contributed by atoms with Crippen molar-refractivity contribution in [3.05, 3.63) is 45.7 Å². The van der Waals surface area contributed by atoms with E-state index in [-0.39, 0.29) is 0 Å². The van der Waals surface area contributed by atoms with Crippen molar-refractivity contribution in [3.63, 3.8) is 0 Å². The summed E-state index contributed by atoms with van der Waals surface area (Å²) in [6.45, 7) is 3.96. The summed E-state index contributed by atoms with van der Waals surface area (Å²) in [6, 6.07) is 7.80. The molecule has 0 aliphatic carbocycles. The van der Waals surface area contributed by atoms with Gasteiger partial charge in [-0.05, 0) is 37.6 Å². The van der Waals surface area contributed by atoms with Gasteiger partial charge in [0.15, 0.2) is 5.16 Å². The number of nitrogens with two attached hydrogens (primary N) is 1. The lowest BCUT2D eigenvalue weighted by molar-refractivity contribution is 0.902. The molecule has 1 heterocycles. The molecule has 0 aliphatic heterocycles. The van der Waals surface area contributed by atoms with Crippen molar-refractivity contribution in [1.82, 2.24) is 9.97 Å². The summed E-state index contributed by atoms with van der Waals surface area (Å²) in [6.07, 6.45) is 0. The van der Waals surface area contributed by atoms with Crippen LogP contribution in [0.25, 0.3) is 0 Å². The Labute approximate surface area is 119 Å². The monoisotopic (exact) mass is 323 g/mol. The predicted octanol–water partition coefficient (Wildman–Crippen LogP) is 3.73. The summed E-state index contributed by atoms with van der Waals surface area (Å²) >= 11 is 5.11. The van der Waals surface area contributed by atoms with E-state index in [2.05, 4.69) is 25.9 Å². The first-order chi connectivity index (χ1) is 8.56. The van der Waals surface area contributed by atoms with Crippen LogP contribution in [0.1, 0.15) is 17.0 Å². The number of hydrogen-bond acceptors (Lipinski definition) is 4. The number of thioether (sulfide) groups is 1. The first-order valence-corrected chi connectivity index (χ1v) is 7.32. The van der Waals surface area contributed by atoms with Gasteiger partial charge >= 0.3 is 0 Å². The smallest absolute Gasteiger partial charge is 0.188 e. The Morgan fingerprint density at radius 2 is 1.89 bits per heavy atom. The molecule has 0 radical (unpaired) electrons. The fourth-order valence-electron chi connectivity index (χ4n) is 1.62. The number of aryl methyl sites for hydroxylation is 2. The van der Waals surface area contributed by atoms with E-state index < -0.39 is 0 Å². The van der Waals surface area contributed by atoms with Gasteiger partial charge in [0, 0.05) is 27.3 Å². The van der Waals surface area contributed by atoms with Crippen LogP contribution >= 0.6 is 27.7 Å².